The van der Waals surface area contributed by atoms with Gasteiger partial charge in [0, 0.05) is 23.1 Å². The Morgan fingerprint density at radius 2 is 1.52 bits per heavy atom. The predicted molar refractivity (Wildman–Crippen MR) is 91.0 cm³/mol. The molecule has 114 valence electrons. The molecule has 3 aromatic rings. The minimum Gasteiger partial charge on any atom is -0.368 e. The molecule has 0 spiro atoms. The largest absolute Gasteiger partial charge is 0.368 e. The molecular weight excluding hydrogens is 290 g/mol. The SMILES string of the molecule is Nc1nccc(-c2ccc(NC(=O)Nc3ccccc3)cc2)n1. The Kier molecular flexibility index (Phi) is 4.15. The molecule has 6 nitrogen and oxygen atoms in total. The summed E-state index contributed by atoms with van der Waals surface area (Å²) in [5.74, 6) is 0.229. The van der Waals surface area contributed by atoms with E-state index in [-0.39, 0.29) is 12.0 Å². The molecule has 0 unspecified atom stereocenters. The maximum atomic E-state index is 11.9. The highest BCUT2D eigenvalue weighted by atomic mass is 16.2. The van der Waals surface area contributed by atoms with E-state index in [2.05, 4.69) is 20.6 Å². The average molecular weight is 305 g/mol. The lowest BCUT2D eigenvalue weighted by Crippen LogP contribution is -2.19. The van der Waals surface area contributed by atoms with Crippen LogP contribution in [0.3, 0.4) is 0 Å². The Labute approximate surface area is 133 Å². The summed E-state index contributed by atoms with van der Waals surface area (Å²) in [5, 5.41) is 5.53. The second kappa shape index (κ2) is 6.57. The van der Waals surface area contributed by atoms with Crippen molar-refractivity contribution in [1.29, 1.82) is 0 Å². The van der Waals surface area contributed by atoms with Gasteiger partial charge in [-0.25, -0.2) is 14.8 Å². The first-order chi connectivity index (χ1) is 11.2. The molecule has 0 saturated heterocycles. The van der Waals surface area contributed by atoms with Crippen molar-refractivity contribution < 1.29 is 4.79 Å². The number of carbonyl (C=O) groups excluding carboxylic acids is 1. The molecule has 1 heterocycles. The Morgan fingerprint density at radius 3 is 2.17 bits per heavy atom. The van der Waals surface area contributed by atoms with E-state index in [4.69, 9.17) is 5.73 Å². The highest BCUT2D eigenvalue weighted by Gasteiger charge is 2.04. The zero-order chi connectivity index (χ0) is 16.1. The molecule has 0 radical (unpaired) electrons. The van der Waals surface area contributed by atoms with Gasteiger partial charge in [0.05, 0.1) is 5.69 Å². The Hall–Kier alpha value is -3.41. The second-order valence-corrected chi connectivity index (χ2v) is 4.82. The monoisotopic (exact) mass is 305 g/mol. The van der Waals surface area contributed by atoms with Crippen molar-refractivity contribution in [1.82, 2.24) is 9.97 Å². The molecule has 1 aromatic heterocycles. The fraction of sp³-hybridized carbons (Fsp3) is 0. The number of hydrogen-bond donors (Lipinski definition) is 3. The molecule has 4 N–H and O–H groups in total. The standard InChI is InChI=1S/C17H15N5O/c18-16-19-11-10-15(22-16)12-6-8-14(9-7-12)21-17(23)20-13-4-2-1-3-5-13/h1-11H,(H2,18,19,22)(H2,20,21,23). The maximum Gasteiger partial charge on any atom is 0.323 e. The molecule has 0 saturated carbocycles. The highest BCUT2D eigenvalue weighted by molar-refractivity contribution is 5.99. The number of hydrogen-bond acceptors (Lipinski definition) is 4. The van der Waals surface area contributed by atoms with Crippen molar-refractivity contribution in [3.8, 4) is 11.3 Å². The molecule has 3 rings (SSSR count). The lowest BCUT2D eigenvalue weighted by Gasteiger charge is -2.08. The van der Waals surface area contributed by atoms with Gasteiger partial charge in [0.25, 0.3) is 0 Å². The van der Waals surface area contributed by atoms with Gasteiger partial charge in [0.1, 0.15) is 0 Å². The average Bonchev–Trinajstić information content (AvgIpc) is 2.56. The molecule has 0 aliphatic rings. The smallest absolute Gasteiger partial charge is 0.323 e. The van der Waals surface area contributed by atoms with E-state index in [0.717, 1.165) is 16.9 Å². The van der Waals surface area contributed by atoms with Crippen molar-refractivity contribution in [2.24, 2.45) is 0 Å². The summed E-state index contributed by atoms with van der Waals surface area (Å²) in [6.07, 6.45) is 1.61. The van der Waals surface area contributed by atoms with E-state index in [9.17, 15) is 4.79 Å². The predicted octanol–water partition coefficient (Wildman–Crippen LogP) is 3.37. The van der Waals surface area contributed by atoms with Gasteiger partial charge in [0.2, 0.25) is 5.95 Å². The summed E-state index contributed by atoms with van der Waals surface area (Å²) in [7, 11) is 0. The lowest BCUT2D eigenvalue weighted by atomic mass is 10.1. The van der Waals surface area contributed by atoms with Crippen LogP contribution in [0.25, 0.3) is 11.3 Å². The van der Waals surface area contributed by atoms with Crippen LogP contribution in [0.1, 0.15) is 0 Å². The molecule has 0 aliphatic carbocycles. The topological polar surface area (TPSA) is 92.9 Å². The van der Waals surface area contributed by atoms with Gasteiger partial charge in [-0.15, -0.1) is 0 Å². The summed E-state index contributed by atoms with van der Waals surface area (Å²) in [5.41, 5.74) is 8.63. The molecule has 0 fully saturated rings. The van der Waals surface area contributed by atoms with Crippen molar-refractivity contribution in [2.45, 2.75) is 0 Å². The number of rotatable bonds is 3. The molecule has 0 atom stereocenters. The van der Waals surface area contributed by atoms with Crippen LogP contribution >= 0.6 is 0 Å². The fourth-order valence-electron chi connectivity index (χ4n) is 2.07. The molecule has 0 bridgehead atoms. The van der Waals surface area contributed by atoms with E-state index in [1.807, 2.05) is 42.5 Å². The third-order valence-electron chi connectivity index (χ3n) is 3.14. The van der Waals surface area contributed by atoms with E-state index in [1.54, 1.807) is 24.4 Å². The normalized spacial score (nSPS) is 10.1. The third kappa shape index (κ3) is 3.82. The maximum absolute atomic E-state index is 11.9. The van der Waals surface area contributed by atoms with Crippen molar-refractivity contribution in [3.05, 3.63) is 66.9 Å². The summed E-state index contributed by atoms with van der Waals surface area (Å²) >= 11 is 0. The number of nitrogens with one attached hydrogen (secondary N) is 2. The van der Waals surface area contributed by atoms with Gasteiger partial charge < -0.3 is 16.4 Å². The van der Waals surface area contributed by atoms with Crippen LogP contribution in [0.4, 0.5) is 22.1 Å². The molecular formula is C17H15N5O. The second-order valence-electron chi connectivity index (χ2n) is 4.82. The number of para-hydroxylation sites is 1. The molecule has 6 heteroatoms. The van der Waals surface area contributed by atoms with Crippen LogP contribution in [0, 0.1) is 0 Å². The fourth-order valence-corrected chi connectivity index (χ4v) is 2.07. The van der Waals surface area contributed by atoms with Gasteiger partial charge in [-0.2, -0.15) is 0 Å². The summed E-state index contributed by atoms with van der Waals surface area (Å²) in [4.78, 5) is 19.9. The van der Waals surface area contributed by atoms with Gasteiger partial charge in [-0.3, -0.25) is 0 Å². The Balaban J connectivity index is 1.67. The van der Waals surface area contributed by atoms with Crippen LogP contribution < -0.4 is 16.4 Å². The van der Waals surface area contributed by atoms with Crippen LogP contribution in [0.2, 0.25) is 0 Å². The van der Waals surface area contributed by atoms with Gasteiger partial charge >= 0.3 is 6.03 Å². The van der Waals surface area contributed by atoms with Crippen molar-refractivity contribution >= 4 is 23.4 Å². The quantitative estimate of drug-likeness (QED) is 0.691. The summed E-state index contributed by atoms with van der Waals surface area (Å²) in [6, 6.07) is 18.1. The van der Waals surface area contributed by atoms with E-state index in [1.165, 1.54) is 0 Å². The first kappa shape index (κ1) is 14.5. The zero-order valence-corrected chi connectivity index (χ0v) is 12.2. The lowest BCUT2D eigenvalue weighted by molar-refractivity contribution is 0.262. The number of nitrogens with two attached hydrogens (primary N) is 1. The molecule has 2 amide bonds. The van der Waals surface area contributed by atoms with E-state index in [0.29, 0.717) is 5.69 Å². The van der Waals surface area contributed by atoms with Gasteiger partial charge in [-0.05, 0) is 30.3 Å². The number of anilines is 3. The number of nitrogen functional groups attached to an aromatic ring is 1. The number of amides is 2. The third-order valence-corrected chi connectivity index (χ3v) is 3.14. The number of nitrogens with zero attached hydrogens (tertiary/aromatic N) is 2. The first-order valence-electron chi connectivity index (χ1n) is 7.03. The summed E-state index contributed by atoms with van der Waals surface area (Å²) in [6.45, 7) is 0. The number of benzene rings is 2. The number of carbonyl (C=O) groups is 1. The van der Waals surface area contributed by atoms with Crippen LogP contribution in [-0.4, -0.2) is 16.0 Å². The van der Waals surface area contributed by atoms with Gasteiger partial charge in [0.15, 0.2) is 0 Å². The minimum atomic E-state index is -0.296. The molecule has 0 aliphatic heterocycles. The van der Waals surface area contributed by atoms with E-state index < -0.39 is 0 Å². The van der Waals surface area contributed by atoms with Crippen LogP contribution in [-0.2, 0) is 0 Å². The van der Waals surface area contributed by atoms with E-state index >= 15 is 0 Å². The zero-order valence-electron chi connectivity index (χ0n) is 12.2. The highest BCUT2D eigenvalue weighted by Crippen LogP contribution is 2.19. The van der Waals surface area contributed by atoms with Crippen LogP contribution in [0.15, 0.2) is 66.9 Å². The van der Waals surface area contributed by atoms with Crippen molar-refractivity contribution in [3.63, 3.8) is 0 Å². The molecule has 23 heavy (non-hydrogen) atoms. The van der Waals surface area contributed by atoms with Crippen molar-refractivity contribution in [2.75, 3.05) is 16.4 Å². The van der Waals surface area contributed by atoms with Gasteiger partial charge in [-0.1, -0.05) is 30.3 Å². The van der Waals surface area contributed by atoms with Crippen LogP contribution in [0.5, 0.6) is 0 Å². The minimum absolute atomic E-state index is 0.229. The number of aromatic nitrogens is 2. The summed E-state index contributed by atoms with van der Waals surface area (Å²) < 4.78 is 0. The first-order valence-corrected chi connectivity index (χ1v) is 7.03. The Bertz CT molecular complexity index is 803. The number of urea groups is 1. The Morgan fingerprint density at radius 1 is 0.870 bits per heavy atom. The molecule has 2 aromatic carbocycles.